The Balaban J connectivity index is 1.54. The predicted octanol–water partition coefficient (Wildman–Crippen LogP) is 4.65. The van der Waals surface area contributed by atoms with Crippen molar-refractivity contribution in [2.45, 2.75) is 25.6 Å². The van der Waals surface area contributed by atoms with Crippen molar-refractivity contribution in [3.63, 3.8) is 0 Å². The zero-order chi connectivity index (χ0) is 24.6. The lowest BCUT2D eigenvalue weighted by atomic mass is 9.77. The average Bonchev–Trinajstić information content (AvgIpc) is 3.41. The van der Waals surface area contributed by atoms with Crippen molar-refractivity contribution in [1.29, 1.82) is 0 Å². The number of rotatable bonds is 2. The first-order valence-electron chi connectivity index (χ1n) is 11.3. The van der Waals surface area contributed by atoms with Gasteiger partial charge in [-0.05, 0) is 37.1 Å². The number of carbonyl (C=O) groups is 4. The summed E-state index contributed by atoms with van der Waals surface area (Å²) in [6.45, 7) is 3.75. The summed E-state index contributed by atoms with van der Waals surface area (Å²) in [4.78, 5) is 56.3. The molecule has 0 radical (unpaired) electrons. The minimum Gasteiger partial charge on any atom is -0.349 e. The molecule has 1 aliphatic carbocycles. The largest absolute Gasteiger partial charge is 0.349 e. The minimum atomic E-state index is -2.08. The highest BCUT2D eigenvalue weighted by Crippen LogP contribution is 2.57. The molecule has 2 heterocycles. The van der Waals surface area contributed by atoms with E-state index in [9.17, 15) is 19.2 Å². The first-order chi connectivity index (χ1) is 16.8. The highest BCUT2D eigenvalue weighted by molar-refractivity contribution is 6.37. The first kappa shape index (κ1) is 21.9. The Hall–Kier alpha value is -3.61. The standard InChI is InChI=1S/C28H20ClNO5/c1-14-7-10-16(11-8-14)23-21-22(27(34)30(26(21)33)17-12-9-15(2)20(29)13-17)28(35-23)24(31)18-5-3-4-6-19(18)25(28)32/h3-13,21-23H,1-2H3/t21-,22-,23-/m0/s1. The summed E-state index contributed by atoms with van der Waals surface area (Å²) in [7, 11) is 0. The zero-order valence-electron chi connectivity index (χ0n) is 18.9. The molecule has 1 spiro atoms. The Morgan fingerprint density at radius 1 is 0.829 bits per heavy atom. The Morgan fingerprint density at radius 3 is 2.06 bits per heavy atom. The van der Waals surface area contributed by atoms with E-state index >= 15 is 0 Å². The molecule has 2 saturated heterocycles. The fraction of sp³-hybridized carbons (Fsp3) is 0.214. The number of aryl methyl sites for hydroxylation is 2. The number of hydrogen-bond donors (Lipinski definition) is 0. The van der Waals surface area contributed by atoms with E-state index in [0.717, 1.165) is 16.0 Å². The predicted molar refractivity (Wildman–Crippen MR) is 129 cm³/mol. The SMILES string of the molecule is Cc1ccc([C@@H]2OC3(C(=O)c4ccccc4C3=O)[C@@H]3C(=O)N(c4ccc(C)c(Cl)c4)C(=O)[C@@H]32)cc1. The van der Waals surface area contributed by atoms with Crippen LogP contribution in [0.4, 0.5) is 5.69 Å². The van der Waals surface area contributed by atoms with Gasteiger partial charge in [0.1, 0.15) is 0 Å². The molecule has 6 rings (SSSR count). The van der Waals surface area contributed by atoms with E-state index in [-0.39, 0.29) is 11.1 Å². The van der Waals surface area contributed by atoms with Crippen molar-refractivity contribution in [1.82, 2.24) is 0 Å². The molecule has 3 aromatic carbocycles. The van der Waals surface area contributed by atoms with E-state index in [1.807, 2.05) is 26.0 Å². The number of hydrogen-bond acceptors (Lipinski definition) is 5. The summed E-state index contributed by atoms with van der Waals surface area (Å²) < 4.78 is 6.28. The lowest BCUT2D eigenvalue weighted by Gasteiger charge is -2.27. The summed E-state index contributed by atoms with van der Waals surface area (Å²) in [6, 6.07) is 18.7. The van der Waals surface area contributed by atoms with Crippen LogP contribution in [0.1, 0.15) is 43.5 Å². The zero-order valence-corrected chi connectivity index (χ0v) is 19.7. The van der Waals surface area contributed by atoms with Gasteiger partial charge in [-0.1, -0.05) is 71.8 Å². The molecule has 2 fully saturated rings. The van der Waals surface area contributed by atoms with Crippen LogP contribution in [0.3, 0.4) is 0 Å². The number of Topliss-reactive ketones (excluding diaryl/α,β-unsaturated/α-hetero) is 2. The molecule has 0 N–H and O–H groups in total. The molecule has 0 bridgehead atoms. The van der Waals surface area contributed by atoms with Crippen LogP contribution in [-0.2, 0) is 14.3 Å². The Bertz CT molecular complexity index is 1430. The third-order valence-corrected chi connectivity index (χ3v) is 7.75. The topological polar surface area (TPSA) is 80.8 Å². The smallest absolute Gasteiger partial charge is 0.241 e. The van der Waals surface area contributed by atoms with Gasteiger partial charge in [-0.2, -0.15) is 0 Å². The lowest BCUT2D eigenvalue weighted by Crippen LogP contribution is -2.51. The quantitative estimate of drug-likeness (QED) is 0.390. The van der Waals surface area contributed by atoms with Crippen LogP contribution < -0.4 is 4.90 Å². The number of carbonyl (C=O) groups excluding carboxylic acids is 4. The second-order valence-corrected chi connectivity index (χ2v) is 9.74. The molecule has 0 unspecified atom stereocenters. The number of imide groups is 1. The average molecular weight is 486 g/mol. The molecular formula is C28H20ClNO5. The van der Waals surface area contributed by atoms with Gasteiger partial charge in [0.05, 0.1) is 23.6 Å². The maximum atomic E-state index is 13.9. The maximum absolute atomic E-state index is 13.9. The van der Waals surface area contributed by atoms with Crippen molar-refractivity contribution in [3.8, 4) is 0 Å². The number of fused-ring (bicyclic) bond motifs is 3. The normalized spacial score (nSPS) is 24.4. The van der Waals surface area contributed by atoms with Crippen LogP contribution in [0.5, 0.6) is 0 Å². The van der Waals surface area contributed by atoms with Gasteiger partial charge >= 0.3 is 0 Å². The van der Waals surface area contributed by atoms with Gasteiger partial charge in [0, 0.05) is 16.1 Å². The number of ether oxygens (including phenoxy) is 1. The number of anilines is 1. The summed E-state index contributed by atoms with van der Waals surface area (Å²) in [6.07, 6.45) is -0.940. The molecule has 6 nitrogen and oxygen atoms in total. The lowest BCUT2D eigenvalue weighted by molar-refractivity contribution is -0.127. The highest BCUT2D eigenvalue weighted by atomic mass is 35.5. The molecule has 3 atom stereocenters. The molecule has 35 heavy (non-hydrogen) atoms. The summed E-state index contributed by atoms with van der Waals surface area (Å²) >= 11 is 6.29. The Labute approximate surface area is 206 Å². The molecule has 3 aliphatic rings. The fourth-order valence-electron chi connectivity index (χ4n) is 5.55. The van der Waals surface area contributed by atoms with Gasteiger partial charge in [0.15, 0.2) is 0 Å². The highest BCUT2D eigenvalue weighted by Gasteiger charge is 2.74. The van der Waals surface area contributed by atoms with Gasteiger partial charge in [-0.3, -0.25) is 19.2 Å². The molecule has 0 aromatic heterocycles. The molecule has 2 aliphatic heterocycles. The number of benzene rings is 3. The van der Waals surface area contributed by atoms with E-state index < -0.39 is 46.9 Å². The molecule has 3 aromatic rings. The van der Waals surface area contributed by atoms with Crippen LogP contribution in [0, 0.1) is 25.7 Å². The fourth-order valence-corrected chi connectivity index (χ4v) is 5.72. The number of ketones is 2. The Morgan fingerprint density at radius 2 is 1.46 bits per heavy atom. The van der Waals surface area contributed by atoms with E-state index in [4.69, 9.17) is 16.3 Å². The van der Waals surface area contributed by atoms with E-state index in [1.165, 1.54) is 0 Å². The van der Waals surface area contributed by atoms with Crippen LogP contribution >= 0.6 is 11.6 Å². The molecular weight excluding hydrogens is 466 g/mol. The summed E-state index contributed by atoms with van der Waals surface area (Å²) in [5, 5.41) is 0.404. The van der Waals surface area contributed by atoms with Crippen LogP contribution in [0.15, 0.2) is 66.7 Å². The van der Waals surface area contributed by atoms with E-state index in [2.05, 4.69) is 0 Å². The second kappa shape index (κ2) is 7.44. The molecule has 2 amide bonds. The second-order valence-electron chi connectivity index (χ2n) is 9.34. The molecule has 7 heteroatoms. The van der Waals surface area contributed by atoms with Gasteiger partial charge in [-0.25, -0.2) is 4.90 Å². The van der Waals surface area contributed by atoms with Crippen molar-refractivity contribution in [3.05, 3.63) is 99.6 Å². The van der Waals surface area contributed by atoms with Crippen molar-refractivity contribution >= 4 is 40.7 Å². The third kappa shape index (κ3) is 2.81. The van der Waals surface area contributed by atoms with E-state index in [1.54, 1.807) is 54.6 Å². The van der Waals surface area contributed by atoms with Crippen molar-refractivity contribution in [2.75, 3.05) is 4.90 Å². The number of nitrogens with zero attached hydrogens (tertiary/aromatic N) is 1. The number of amides is 2. The van der Waals surface area contributed by atoms with Gasteiger partial charge in [0.2, 0.25) is 29.0 Å². The van der Waals surface area contributed by atoms with Gasteiger partial charge in [-0.15, -0.1) is 0 Å². The van der Waals surface area contributed by atoms with Crippen LogP contribution in [-0.4, -0.2) is 29.0 Å². The first-order valence-corrected chi connectivity index (χ1v) is 11.7. The van der Waals surface area contributed by atoms with Gasteiger partial charge < -0.3 is 4.74 Å². The van der Waals surface area contributed by atoms with Crippen molar-refractivity contribution in [2.24, 2.45) is 11.8 Å². The van der Waals surface area contributed by atoms with E-state index in [0.29, 0.717) is 16.3 Å². The Kier molecular flexibility index (Phi) is 4.66. The monoisotopic (exact) mass is 485 g/mol. The summed E-state index contributed by atoms with van der Waals surface area (Å²) in [5.74, 6) is -4.62. The molecule has 0 saturated carbocycles. The minimum absolute atomic E-state index is 0.206. The maximum Gasteiger partial charge on any atom is 0.241 e. The van der Waals surface area contributed by atoms with Gasteiger partial charge in [0.25, 0.3) is 0 Å². The number of halogens is 1. The summed E-state index contributed by atoms with van der Waals surface area (Å²) in [5.41, 5.74) is 1.06. The third-order valence-electron chi connectivity index (χ3n) is 7.34. The van der Waals surface area contributed by atoms with Crippen molar-refractivity contribution < 1.29 is 23.9 Å². The molecule has 174 valence electrons. The van der Waals surface area contributed by atoms with Crippen LogP contribution in [0.25, 0.3) is 0 Å². The van der Waals surface area contributed by atoms with Crippen LogP contribution in [0.2, 0.25) is 5.02 Å².